The maximum Gasteiger partial charge on any atom is 0.341 e. The predicted molar refractivity (Wildman–Crippen MR) is 142 cm³/mol. The first-order valence-electron chi connectivity index (χ1n) is 12.2. The van der Waals surface area contributed by atoms with Crippen molar-refractivity contribution in [3.05, 3.63) is 89.0 Å². The normalized spacial score (nSPS) is 13.9. The van der Waals surface area contributed by atoms with Gasteiger partial charge in [-0.15, -0.1) is 11.8 Å². The zero-order chi connectivity index (χ0) is 25.2. The third-order valence-electron chi connectivity index (χ3n) is 5.96. The highest BCUT2D eigenvalue weighted by Crippen LogP contribution is 2.30. The monoisotopic (exact) mass is 507 g/mol. The first-order valence-corrected chi connectivity index (χ1v) is 13.2. The minimum absolute atomic E-state index is 0.337. The van der Waals surface area contributed by atoms with E-state index >= 15 is 0 Å². The van der Waals surface area contributed by atoms with E-state index in [2.05, 4.69) is 47.4 Å². The minimum atomic E-state index is -0.980. The number of carbonyl (C=O) groups is 1. The van der Waals surface area contributed by atoms with E-state index in [4.69, 9.17) is 19.3 Å². The summed E-state index contributed by atoms with van der Waals surface area (Å²) in [5.74, 6) is 1.33. The van der Waals surface area contributed by atoms with Crippen molar-refractivity contribution in [2.45, 2.75) is 24.0 Å². The molecule has 0 saturated carbocycles. The highest BCUT2D eigenvalue weighted by Gasteiger charge is 2.11. The van der Waals surface area contributed by atoms with Crippen molar-refractivity contribution >= 4 is 17.7 Å². The second kappa shape index (κ2) is 13.3. The summed E-state index contributed by atoms with van der Waals surface area (Å²) in [7, 11) is 0. The molecule has 0 spiro atoms. The number of aryl methyl sites for hydroxylation is 1. The molecule has 0 amide bonds. The van der Waals surface area contributed by atoms with Crippen LogP contribution in [0.4, 0.5) is 0 Å². The van der Waals surface area contributed by atoms with E-state index in [9.17, 15) is 4.79 Å². The van der Waals surface area contributed by atoms with E-state index in [0.717, 1.165) is 61.2 Å². The van der Waals surface area contributed by atoms with Crippen molar-refractivity contribution in [2.75, 3.05) is 46.1 Å². The fourth-order valence-electron chi connectivity index (χ4n) is 4.13. The lowest BCUT2D eigenvalue weighted by Gasteiger charge is -2.26. The molecule has 1 aliphatic heterocycles. The molecule has 7 heteroatoms. The van der Waals surface area contributed by atoms with Crippen molar-refractivity contribution in [2.24, 2.45) is 0 Å². The first kappa shape index (κ1) is 26.1. The number of carboxylic acids is 1. The molecule has 1 fully saturated rings. The second-order valence-electron chi connectivity index (χ2n) is 8.85. The number of thioether (sulfide) groups is 1. The number of aliphatic carboxylic acids is 1. The van der Waals surface area contributed by atoms with Gasteiger partial charge in [0, 0.05) is 30.3 Å². The molecule has 4 rings (SSSR count). The molecule has 6 nitrogen and oxygen atoms in total. The van der Waals surface area contributed by atoms with E-state index < -0.39 is 5.97 Å². The van der Waals surface area contributed by atoms with Gasteiger partial charge in [0.2, 0.25) is 0 Å². The van der Waals surface area contributed by atoms with Gasteiger partial charge in [-0.25, -0.2) is 4.79 Å². The highest BCUT2D eigenvalue weighted by molar-refractivity contribution is 7.98. The van der Waals surface area contributed by atoms with E-state index in [1.165, 1.54) is 16.7 Å². The van der Waals surface area contributed by atoms with E-state index in [0.29, 0.717) is 12.4 Å². The number of morpholine rings is 1. The van der Waals surface area contributed by atoms with Crippen LogP contribution >= 0.6 is 11.8 Å². The summed E-state index contributed by atoms with van der Waals surface area (Å²) in [4.78, 5) is 14.3. The Balaban J connectivity index is 1.42. The Bertz CT molecular complexity index is 1130. The van der Waals surface area contributed by atoms with E-state index in [1.54, 1.807) is 11.8 Å². The molecule has 0 aromatic heterocycles. The van der Waals surface area contributed by atoms with Gasteiger partial charge < -0.3 is 19.3 Å². The Labute approximate surface area is 217 Å². The maximum atomic E-state index is 10.8. The van der Waals surface area contributed by atoms with Crippen LogP contribution in [-0.4, -0.2) is 62.0 Å². The van der Waals surface area contributed by atoms with Gasteiger partial charge in [-0.05, 0) is 65.9 Å². The van der Waals surface area contributed by atoms with E-state index in [1.807, 2.05) is 31.2 Å². The Morgan fingerprint density at radius 1 is 0.972 bits per heavy atom. The van der Waals surface area contributed by atoms with Crippen molar-refractivity contribution < 1.29 is 24.1 Å². The fourth-order valence-corrected chi connectivity index (χ4v) is 5.05. The first-order chi connectivity index (χ1) is 17.5. The lowest BCUT2D eigenvalue weighted by Crippen LogP contribution is -2.38. The molecule has 1 aliphatic rings. The third-order valence-corrected chi connectivity index (χ3v) is 7.03. The highest BCUT2D eigenvalue weighted by atomic mass is 32.2. The van der Waals surface area contributed by atoms with Crippen LogP contribution < -0.4 is 9.47 Å². The molecule has 0 aliphatic carbocycles. The predicted octanol–water partition coefficient (Wildman–Crippen LogP) is 5.05. The molecular weight excluding hydrogens is 474 g/mol. The molecule has 3 aromatic rings. The van der Waals surface area contributed by atoms with Crippen LogP contribution in [0.5, 0.6) is 11.5 Å². The topological polar surface area (TPSA) is 68.2 Å². The molecule has 1 heterocycles. The van der Waals surface area contributed by atoms with Gasteiger partial charge in [0.15, 0.2) is 6.61 Å². The molecule has 3 aromatic carbocycles. The Kier molecular flexibility index (Phi) is 9.67. The number of hydrogen-bond acceptors (Lipinski definition) is 6. The minimum Gasteiger partial charge on any atom is -0.492 e. The third kappa shape index (κ3) is 8.29. The smallest absolute Gasteiger partial charge is 0.341 e. The Morgan fingerprint density at radius 3 is 2.50 bits per heavy atom. The number of carboxylic acid groups (broad SMARTS) is 1. The number of benzene rings is 3. The molecule has 0 bridgehead atoms. The van der Waals surface area contributed by atoms with Gasteiger partial charge in [-0.1, -0.05) is 36.4 Å². The molecule has 36 heavy (non-hydrogen) atoms. The van der Waals surface area contributed by atoms with Crippen LogP contribution in [0.2, 0.25) is 0 Å². The standard InChI is InChI=1S/C29H33NO5S/c1-22-15-27(7-8-28(22)35-20-29(31)32)36-21-25-17-24(16-23-5-3-2-4-6-23)18-26(19-25)34-14-11-30-9-12-33-13-10-30/h2-8,15,17-19H,9-14,16,20-21H2,1H3,(H,31,32). The van der Waals surface area contributed by atoms with Crippen molar-refractivity contribution in [3.63, 3.8) is 0 Å². The largest absolute Gasteiger partial charge is 0.492 e. The molecule has 0 unspecified atom stereocenters. The quantitative estimate of drug-likeness (QED) is 0.344. The van der Waals surface area contributed by atoms with Crippen molar-refractivity contribution in [1.29, 1.82) is 0 Å². The number of rotatable bonds is 12. The van der Waals surface area contributed by atoms with Crippen LogP contribution in [0, 0.1) is 6.92 Å². The van der Waals surface area contributed by atoms with Crippen LogP contribution in [0.3, 0.4) is 0 Å². The lowest BCUT2D eigenvalue weighted by atomic mass is 10.0. The average Bonchev–Trinajstić information content (AvgIpc) is 2.88. The summed E-state index contributed by atoms with van der Waals surface area (Å²) in [6.07, 6.45) is 0.855. The summed E-state index contributed by atoms with van der Waals surface area (Å²) in [6, 6.07) is 22.9. The van der Waals surface area contributed by atoms with E-state index in [-0.39, 0.29) is 6.61 Å². The Hall–Kier alpha value is -3.00. The molecule has 190 valence electrons. The summed E-state index contributed by atoms with van der Waals surface area (Å²) < 4.78 is 17.0. The number of ether oxygens (including phenoxy) is 3. The summed E-state index contributed by atoms with van der Waals surface area (Å²) >= 11 is 1.74. The van der Waals surface area contributed by atoms with Crippen molar-refractivity contribution in [1.82, 2.24) is 4.90 Å². The zero-order valence-electron chi connectivity index (χ0n) is 20.7. The molecular formula is C29H33NO5S. The van der Waals surface area contributed by atoms with Gasteiger partial charge in [-0.3, -0.25) is 4.90 Å². The van der Waals surface area contributed by atoms with Crippen LogP contribution in [0.25, 0.3) is 0 Å². The van der Waals surface area contributed by atoms with Gasteiger partial charge in [-0.2, -0.15) is 0 Å². The van der Waals surface area contributed by atoms with Crippen LogP contribution in [-0.2, 0) is 21.7 Å². The Morgan fingerprint density at radius 2 is 1.75 bits per heavy atom. The number of nitrogens with zero attached hydrogens (tertiary/aromatic N) is 1. The number of hydrogen-bond donors (Lipinski definition) is 1. The maximum absolute atomic E-state index is 10.8. The second-order valence-corrected chi connectivity index (χ2v) is 9.90. The SMILES string of the molecule is Cc1cc(SCc2cc(Cc3ccccc3)cc(OCCN3CCOCC3)c2)ccc1OCC(=O)O. The molecule has 1 N–H and O–H groups in total. The molecule has 0 atom stereocenters. The van der Waals surface area contributed by atoms with Crippen LogP contribution in [0.15, 0.2) is 71.6 Å². The molecule has 0 radical (unpaired) electrons. The summed E-state index contributed by atoms with van der Waals surface area (Å²) in [5, 5.41) is 8.84. The van der Waals surface area contributed by atoms with Gasteiger partial charge >= 0.3 is 5.97 Å². The van der Waals surface area contributed by atoms with Crippen molar-refractivity contribution in [3.8, 4) is 11.5 Å². The lowest BCUT2D eigenvalue weighted by molar-refractivity contribution is -0.139. The average molecular weight is 508 g/mol. The van der Waals surface area contributed by atoms with Gasteiger partial charge in [0.25, 0.3) is 0 Å². The molecule has 1 saturated heterocycles. The van der Waals surface area contributed by atoms with Gasteiger partial charge in [0.1, 0.15) is 18.1 Å². The summed E-state index contributed by atoms with van der Waals surface area (Å²) in [5.41, 5.74) is 4.63. The van der Waals surface area contributed by atoms with Crippen LogP contribution in [0.1, 0.15) is 22.3 Å². The fraction of sp³-hybridized carbons (Fsp3) is 0.345. The zero-order valence-corrected chi connectivity index (χ0v) is 21.5. The summed E-state index contributed by atoms with van der Waals surface area (Å²) in [6.45, 7) is 6.64. The van der Waals surface area contributed by atoms with Gasteiger partial charge in [0.05, 0.1) is 13.2 Å².